The van der Waals surface area contributed by atoms with Crippen LogP contribution in [0.2, 0.25) is 5.15 Å². The van der Waals surface area contributed by atoms with Crippen molar-refractivity contribution < 1.29 is 4.74 Å². The van der Waals surface area contributed by atoms with Gasteiger partial charge in [0.05, 0.1) is 15.9 Å². The first-order chi connectivity index (χ1) is 10.2. The van der Waals surface area contributed by atoms with Crippen LogP contribution >= 0.6 is 34.2 Å². The normalized spacial score (nSPS) is 11.0. The molecule has 2 aromatic heterocycles. The third kappa shape index (κ3) is 2.86. The van der Waals surface area contributed by atoms with Crippen LogP contribution in [0.5, 0.6) is 0 Å². The lowest BCUT2D eigenvalue weighted by Gasteiger charge is -2.09. The fourth-order valence-corrected chi connectivity index (χ4v) is 2.69. The van der Waals surface area contributed by atoms with E-state index in [2.05, 4.69) is 37.5 Å². The maximum Gasteiger partial charge on any atom is 0.180 e. The Balaban J connectivity index is 2.23. The highest BCUT2D eigenvalue weighted by Gasteiger charge is 2.14. The first-order valence-corrected chi connectivity index (χ1v) is 7.71. The lowest BCUT2D eigenvalue weighted by atomic mass is 10.1. The molecule has 0 aliphatic heterocycles. The third-order valence-electron chi connectivity index (χ3n) is 3.05. The van der Waals surface area contributed by atoms with E-state index in [4.69, 9.17) is 16.3 Å². The van der Waals surface area contributed by atoms with Crippen LogP contribution < -0.4 is 0 Å². The second kappa shape index (κ2) is 6.21. The summed E-state index contributed by atoms with van der Waals surface area (Å²) < 4.78 is 5.97. The highest BCUT2D eigenvalue weighted by Crippen LogP contribution is 2.27. The Morgan fingerprint density at radius 1 is 1.19 bits per heavy atom. The number of pyridine rings is 1. The molecule has 1 aromatic carbocycles. The molecular formula is C15H11ClIN3O. The zero-order valence-corrected chi connectivity index (χ0v) is 14.1. The van der Waals surface area contributed by atoms with Crippen LogP contribution in [0.4, 0.5) is 0 Å². The van der Waals surface area contributed by atoms with Gasteiger partial charge in [-0.2, -0.15) is 0 Å². The molecule has 0 fully saturated rings. The molecule has 2 heterocycles. The van der Waals surface area contributed by atoms with E-state index in [1.807, 2.05) is 30.3 Å². The third-order valence-corrected chi connectivity index (χ3v) is 4.77. The number of fused-ring (bicyclic) bond motifs is 1. The molecule has 0 atom stereocenters. The van der Waals surface area contributed by atoms with E-state index in [1.54, 1.807) is 13.3 Å². The molecule has 3 aromatic rings. The van der Waals surface area contributed by atoms with Gasteiger partial charge in [-0.05, 0) is 34.0 Å². The number of nitrogens with zero attached hydrogens (tertiary/aromatic N) is 3. The number of halogens is 2. The van der Waals surface area contributed by atoms with E-state index in [-0.39, 0.29) is 0 Å². The summed E-state index contributed by atoms with van der Waals surface area (Å²) in [5.41, 5.74) is 1.49. The summed E-state index contributed by atoms with van der Waals surface area (Å²) in [6, 6.07) is 9.96. The summed E-state index contributed by atoms with van der Waals surface area (Å²) in [4.78, 5) is 13.3. The van der Waals surface area contributed by atoms with Crippen LogP contribution in [-0.4, -0.2) is 22.1 Å². The quantitative estimate of drug-likeness (QED) is 0.481. The van der Waals surface area contributed by atoms with Crippen LogP contribution in [0.15, 0.2) is 36.5 Å². The van der Waals surface area contributed by atoms with Crippen molar-refractivity contribution >= 4 is 45.0 Å². The molecule has 21 heavy (non-hydrogen) atoms. The second-order valence-electron chi connectivity index (χ2n) is 4.41. The molecule has 0 saturated carbocycles. The fourth-order valence-electron chi connectivity index (χ4n) is 2.10. The molecule has 0 unspecified atom stereocenters. The average molecular weight is 412 g/mol. The SMILES string of the molecule is COCc1nc(-c2nccc3ccccc23)nc(Cl)c1I. The van der Waals surface area contributed by atoms with Gasteiger partial charge in [-0.15, -0.1) is 0 Å². The zero-order chi connectivity index (χ0) is 14.8. The van der Waals surface area contributed by atoms with Crippen molar-refractivity contribution in [1.82, 2.24) is 15.0 Å². The summed E-state index contributed by atoms with van der Waals surface area (Å²) in [7, 11) is 1.63. The molecule has 0 aliphatic rings. The van der Waals surface area contributed by atoms with E-state index in [1.165, 1.54) is 0 Å². The van der Waals surface area contributed by atoms with E-state index in [0.717, 1.165) is 25.7 Å². The summed E-state index contributed by atoms with van der Waals surface area (Å²) in [6.07, 6.45) is 1.75. The Morgan fingerprint density at radius 3 is 2.81 bits per heavy atom. The van der Waals surface area contributed by atoms with Gasteiger partial charge in [0, 0.05) is 18.7 Å². The highest BCUT2D eigenvalue weighted by atomic mass is 127. The van der Waals surface area contributed by atoms with Gasteiger partial charge in [0.2, 0.25) is 0 Å². The van der Waals surface area contributed by atoms with E-state index in [0.29, 0.717) is 17.6 Å². The first kappa shape index (κ1) is 14.6. The maximum absolute atomic E-state index is 6.21. The fraction of sp³-hybridized carbons (Fsp3) is 0.133. The number of aromatic nitrogens is 3. The molecule has 6 heteroatoms. The predicted molar refractivity (Wildman–Crippen MR) is 91.2 cm³/mol. The largest absolute Gasteiger partial charge is 0.378 e. The van der Waals surface area contributed by atoms with Gasteiger partial charge in [-0.1, -0.05) is 35.9 Å². The predicted octanol–water partition coefficient (Wildman–Crippen LogP) is 4.10. The zero-order valence-electron chi connectivity index (χ0n) is 11.2. The number of hydrogen-bond acceptors (Lipinski definition) is 4. The lowest BCUT2D eigenvalue weighted by molar-refractivity contribution is 0.181. The van der Waals surface area contributed by atoms with Gasteiger partial charge < -0.3 is 4.74 Å². The topological polar surface area (TPSA) is 47.9 Å². The molecule has 0 spiro atoms. The molecular weight excluding hydrogens is 401 g/mol. The van der Waals surface area contributed by atoms with Crippen molar-refractivity contribution in [2.75, 3.05) is 7.11 Å². The molecule has 0 amide bonds. The Bertz CT molecular complexity index is 805. The van der Waals surface area contributed by atoms with Gasteiger partial charge in [0.25, 0.3) is 0 Å². The number of ether oxygens (including phenoxy) is 1. The molecule has 0 bridgehead atoms. The minimum absolute atomic E-state index is 0.387. The van der Waals surface area contributed by atoms with Crippen molar-refractivity contribution in [2.45, 2.75) is 6.61 Å². The molecule has 0 aliphatic carbocycles. The molecule has 4 nitrogen and oxygen atoms in total. The Hall–Kier alpha value is -1.31. The number of benzene rings is 1. The summed E-state index contributed by atoms with van der Waals surface area (Å²) >= 11 is 8.34. The number of hydrogen-bond donors (Lipinski definition) is 0. The molecule has 0 saturated heterocycles. The Labute approximate surface area is 140 Å². The Kier molecular flexibility index (Phi) is 4.32. The van der Waals surface area contributed by atoms with E-state index in [9.17, 15) is 0 Å². The second-order valence-corrected chi connectivity index (χ2v) is 5.85. The minimum atomic E-state index is 0.387. The lowest BCUT2D eigenvalue weighted by Crippen LogP contribution is -2.03. The van der Waals surface area contributed by atoms with E-state index >= 15 is 0 Å². The van der Waals surface area contributed by atoms with Crippen LogP contribution in [-0.2, 0) is 11.3 Å². The standard InChI is InChI=1S/C15H11ClIN3O/c1-21-8-11-12(17)14(16)20-15(19-11)13-10-5-3-2-4-9(10)6-7-18-13/h2-7H,8H2,1H3. The van der Waals surface area contributed by atoms with Crippen molar-refractivity contribution in [3.63, 3.8) is 0 Å². The van der Waals surface area contributed by atoms with Gasteiger partial charge >= 0.3 is 0 Å². The molecule has 0 N–H and O–H groups in total. The number of methoxy groups -OCH3 is 1. The average Bonchev–Trinajstić information content (AvgIpc) is 2.51. The maximum atomic E-state index is 6.21. The molecule has 3 rings (SSSR count). The van der Waals surface area contributed by atoms with Crippen LogP contribution in [0, 0.1) is 3.57 Å². The highest BCUT2D eigenvalue weighted by molar-refractivity contribution is 14.1. The smallest absolute Gasteiger partial charge is 0.180 e. The number of rotatable bonds is 3. The van der Waals surface area contributed by atoms with Gasteiger partial charge in [0.15, 0.2) is 5.82 Å². The Morgan fingerprint density at radius 2 is 2.00 bits per heavy atom. The van der Waals surface area contributed by atoms with Crippen molar-refractivity contribution in [3.05, 3.63) is 50.9 Å². The summed E-state index contributed by atoms with van der Waals surface area (Å²) in [5.74, 6) is 0.518. The summed E-state index contributed by atoms with van der Waals surface area (Å²) in [6.45, 7) is 0.387. The van der Waals surface area contributed by atoms with Gasteiger partial charge in [0.1, 0.15) is 10.8 Å². The van der Waals surface area contributed by atoms with Crippen molar-refractivity contribution in [3.8, 4) is 11.5 Å². The monoisotopic (exact) mass is 411 g/mol. The van der Waals surface area contributed by atoms with E-state index < -0.39 is 0 Å². The molecule has 0 radical (unpaired) electrons. The summed E-state index contributed by atoms with van der Waals surface area (Å²) in [5, 5.41) is 2.51. The first-order valence-electron chi connectivity index (χ1n) is 6.25. The molecule has 106 valence electrons. The van der Waals surface area contributed by atoms with Gasteiger partial charge in [-0.25, -0.2) is 9.97 Å². The van der Waals surface area contributed by atoms with Crippen LogP contribution in [0.25, 0.3) is 22.3 Å². The van der Waals surface area contributed by atoms with Crippen LogP contribution in [0.3, 0.4) is 0 Å². The minimum Gasteiger partial charge on any atom is -0.378 e. The van der Waals surface area contributed by atoms with Crippen LogP contribution in [0.1, 0.15) is 5.69 Å². The van der Waals surface area contributed by atoms with Crippen molar-refractivity contribution in [1.29, 1.82) is 0 Å². The van der Waals surface area contributed by atoms with Gasteiger partial charge in [-0.3, -0.25) is 4.98 Å². The van der Waals surface area contributed by atoms with Crippen molar-refractivity contribution in [2.24, 2.45) is 0 Å².